The summed E-state index contributed by atoms with van der Waals surface area (Å²) in [6.45, 7) is 4.93. The van der Waals surface area contributed by atoms with E-state index in [1.807, 2.05) is 0 Å². The highest BCUT2D eigenvalue weighted by molar-refractivity contribution is 6.33. The van der Waals surface area contributed by atoms with Crippen molar-refractivity contribution in [3.8, 4) is 0 Å². The molecule has 1 unspecified atom stereocenters. The number of anilines is 1. The predicted octanol–water partition coefficient (Wildman–Crippen LogP) is 2.34. The molecule has 90 valence electrons. The van der Waals surface area contributed by atoms with Crippen LogP contribution >= 0.6 is 11.6 Å². The zero-order valence-electron chi connectivity index (χ0n) is 9.70. The van der Waals surface area contributed by atoms with E-state index in [9.17, 15) is 5.11 Å². The van der Waals surface area contributed by atoms with Crippen molar-refractivity contribution in [3.63, 3.8) is 0 Å². The molecule has 16 heavy (non-hydrogen) atoms. The molecule has 0 saturated carbocycles. The summed E-state index contributed by atoms with van der Waals surface area (Å²) in [4.78, 5) is 0. The maximum absolute atomic E-state index is 9.91. The summed E-state index contributed by atoms with van der Waals surface area (Å²) in [5, 5.41) is 13.7. The fourth-order valence-corrected chi connectivity index (χ4v) is 1.56. The second-order valence-corrected chi connectivity index (χ2v) is 4.60. The van der Waals surface area contributed by atoms with E-state index >= 15 is 0 Å². The third kappa shape index (κ3) is 4.00. The Morgan fingerprint density at radius 2 is 2.12 bits per heavy atom. The van der Waals surface area contributed by atoms with Gasteiger partial charge in [0.25, 0.3) is 0 Å². The molecule has 1 aromatic carbocycles. The van der Waals surface area contributed by atoms with E-state index in [-0.39, 0.29) is 0 Å². The van der Waals surface area contributed by atoms with Crippen LogP contribution in [0.2, 0.25) is 5.02 Å². The number of nitrogens with two attached hydrogens (primary N) is 1. The minimum Gasteiger partial charge on any atom is -0.398 e. The van der Waals surface area contributed by atoms with Crippen LogP contribution in [-0.2, 0) is 0 Å². The summed E-state index contributed by atoms with van der Waals surface area (Å²) in [6, 6.07) is 5.68. The van der Waals surface area contributed by atoms with E-state index < -0.39 is 6.10 Å². The second-order valence-electron chi connectivity index (χ2n) is 4.19. The summed E-state index contributed by atoms with van der Waals surface area (Å²) in [6.07, 6.45) is 0.171. The maximum Gasteiger partial charge on any atom is 0.0802 e. The van der Waals surface area contributed by atoms with Gasteiger partial charge >= 0.3 is 0 Å². The van der Waals surface area contributed by atoms with Gasteiger partial charge in [-0.3, -0.25) is 0 Å². The predicted molar refractivity (Wildman–Crippen MR) is 68.6 cm³/mol. The molecule has 1 rings (SSSR count). The highest BCUT2D eigenvalue weighted by atomic mass is 35.5. The van der Waals surface area contributed by atoms with Gasteiger partial charge in [-0.25, -0.2) is 0 Å². The zero-order chi connectivity index (χ0) is 12.1. The van der Waals surface area contributed by atoms with Crippen LogP contribution in [0.4, 0.5) is 5.69 Å². The monoisotopic (exact) mass is 242 g/mol. The topological polar surface area (TPSA) is 58.3 Å². The van der Waals surface area contributed by atoms with Crippen LogP contribution in [0.5, 0.6) is 0 Å². The zero-order valence-corrected chi connectivity index (χ0v) is 10.5. The standard InChI is InChI=1S/C12H19ClN2O/c1-8(2)15-6-5-12(16)9-3-4-10(13)11(14)7-9/h3-4,7-8,12,15-16H,5-6,14H2,1-2H3. The third-order valence-corrected chi connectivity index (χ3v) is 2.72. The first-order valence-electron chi connectivity index (χ1n) is 5.47. The van der Waals surface area contributed by atoms with Gasteiger partial charge in [-0.2, -0.15) is 0 Å². The Hall–Kier alpha value is -0.770. The Morgan fingerprint density at radius 3 is 2.69 bits per heavy atom. The van der Waals surface area contributed by atoms with Crippen LogP contribution < -0.4 is 11.1 Å². The SMILES string of the molecule is CC(C)NCCC(O)c1ccc(Cl)c(N)c1. The lowest BCUT2D eigenvalue weighted by atomic mass is 10.1. The van der Waals surface area contributed by atoms with E-state index in [1.165, 1.54) is 0 Å². The molecule has 0 aliphatic heterocycles. The number of nitrogens with one attached hydrogen (secondary N) is 1. The first kappa shape index (κ1) is 13.3. The first-order chi connectivity index (χ1) is 7.50. The fraction of sp³-hybridized carbons (Fsp3) is 0.500. The van der Waals surface area contributed by atoms with Crippen LogP contribution in [-0.4, -0.2) is 17.7 Å². The molecule has 0 amide bonds. The number of halogens is 1. The molecule has 3 nitrogen and oxygen atoms in total. The van der Waals surface area contributed by atoms with Crippen LogP contribution in [0.25, 0.3) is 0 Å². The van der Waals surface area contributed by atoms with Gasteiger partial charge in [0.05, 0.1) is 16.8 Å². The fourth-order valence-electron chi connectivity index (χ4n) is 1.44. The van der Waals surface area contributed by atoms with Gasteiger partial charge in [0.1, 0.15) is 0 Å². The van der Waals surface area contributed by atoms with Crippen molar-refractivity contribution < 1.29 is 5.11 Å². The molecule has 0 aliphatic carbocycles. The molecule has 1 aromatic rings. The van der Waals surface area contributed by atoms with Gasteiger partial charge in [-0.1, -0.05) is 31.5 Å². The largest absolute Gasteiger partial charge is 0.398 e. The van der Waals surface area contributed by atoms with Gasteiger partial charge in [-0.15, -0.1) is 0 Å². The van der Waals surface area contributed by atoms with Crippen molar-refractivity contribution in [3.05, 3.63) is 28.8 Å². The van der Waals surface area contributed by atoms with E-state index in [0.717, 1.165) is 12.1 Å². The van der Waals surface area contributed by atoms with Crippen molar-refractivity contribution in [1.29, 1.82) is 0 Å². The first-order valence-corrected chi connectivity index (χ1v) is 5.85. The average molecular weight is 243 g/mol. The number of rotatable bonds is 5. The molecule has 0 heterocycles. The molecule has 1 atom stereocenters. The normalized spacial score (nSPS) is 13.1. The van der Waals surface area contributed by atoms with Crippen molar-refractivity contribution >= 4 is 17.3 Å². The summed E-state index contributed by atoms with van der Waals surface area (Å²) in [5.74, 6) is 0. The lowest BCUT2D eigenvalue weighted by Crippen LogP contribution is -2.24. The smallest absolute Gasteiger partial charge is 0.0802 e. The lowest BCUT2D eigenvalue weighted by Gasteiger charge is -2.14. The summed E-state index contributed by atoms with van der Waals surface area (Å²) in [7, 11) is 0. The molecule has 0 saturated heterocycles. The van der Waals surface area contributed by atoms with E-state index in [0.29, 0.717) is 23.2 Å². The molecule has 0 fully saturated rings. The van der Waals surface area contributed by atoms with Crippen LogP contribution in [0.3, 0.4) is 0 Å². The van der Waals surface area contributed by atoms with Gasteiger partial charge < -0.3 is 16.2 Å². The summed E-state index contributed by atoms with van der Waals surface area (Å²) in [5.41, 5.74) is 7.00. The quantitative estimate of drug-likeness (QED) is 0.695. The minimum atomic E-state index is -0.495. The van der Waals surface area contributed by atoms with E-state index in [4.69, 9.17) is 17.3 Å². The van der Waals surface area contributed by atoms with Crippen molar-refractivity contribution in [2.75, 3.05) is 12.3 Å². The Morgan fingerprint density at radius 1 is 1.44 bits per heavy atom. The number of hydrogen-bond acceptors (Lipinski definition) is 3. The van der Waals surface area contributed by atoms with Crippen molar-refractivity contribution in [2.24, 2.45) is 0 Å². The van der Waals surface area contributed by atoms with Gasteiger partial charge in [0.2, 0.25) is 0 Å². The number of benzene rings is 1. The highest BCUT2D eigenvalue weighted by Crippen LogP contribution is 2.24. The van der Waals surface area contributed by atoms with Gasteiger partial charge in [-0.05, 0) is 30.7 Å². The van der Waals surface area contributed by atoms with Crippen LogP contribution in [0.1, 0.15) is 31.9 Å². The molecule has 0 aromatic heterocycles. The molecule has 0 aliphatic rings. The van der Waals surface area contributed by atoms with Crippen molar-refractivity contribution in [2.45, 2.75) is 32.4 Å². The summed E-state index contributed by atoms with van der Waals surface area (Å²) < 4.78 is 0. The molecular formula is C12H19ClN2O. The molecule has 0 radical (unpaired) electrons. The van der Waals surface area contributed by atoms with Gasteiger partial charge in [0.15, 0.2) is 0 Å². The maximum atomic E-state index is 9.91. The Kier molecular flexibility index (Phi) is 5.06. The third-order valence-electron chi connectivity index (χ3n) is 2.38. The molecular weight excluding hydrogens is 224 g/mol. The van der Waals surface area contributed by atoms with E-state index in [2.05, 4.69) is 19.2 Å². The Balaban J connectivity index is 2.52. The molecule has 4 N–H and O–H groups in total. The number of aliphatic hydroxyl groups excluding tert-OH is 1. The molecule has 0 spiro atoms. The minimum absolute atomic E-state index is 0.433. The molecule has 4 heteroatoms. The summed E-state index contributed by atoms with van der Waals surface area (Å²) >= 11 is 5.81. The Labute approximate surface area is 102 Å². The van der Waals surface area contributed by atoms with Gasteiger partial charge in [0, 0.05) is 6.04 Å². The van der Waals surface area contributed by atoms with Crippen LogP contribution in [0, 0.1) is 0 Å². The van der Waals surface area contributed by atoms with Crippen LogP contribution in [0.15, 0.2) is 18.2 Å². The Bertz CT molecular complexity index is 342. The average Bonchev–Trinajstić information content (AvgIpc) is 2.21. The lowest BCUT2D eigenvalue weighted by molar-refractivity contribution is 0.166. The molecule has 0 bridgehead atoms. The number of nitrogen functional groups attached to an aromatic ring is 1. The number of aliphatic hydroxyl groups is 1. The number of hydrogen-bond donors (Lipinski definition) is 3. The second kappa shape index (κ2) is 6.09. The highest BCUT2D eigenvalue weighted by Gasteiger charge is 2.08. The van der Waals surface area contributed by atoms with Crippen molar-refractivity contribution in [1.82, 2.24) is 5.32 Å². The van der Waals surface area contributed by atoms with E-state index in [1.54, 1.807) is 18.2 Å².